The summed E-state index contributed by atoms with van der Waals surface area (Å²) >= 11 is 1.41. The highest BCUT2D eigenvalue weighted by Crippen LogP contribution is 2.21. The standard InChI is InChI=1S/C19H22N2O4S/c1-24-13-16-7-8-17(26-16)19(23)21-10-9-20(18(22)12-21)11-14-3-5-15(25-2)6-4-14/h3-8H,9-13H2,1-2H3. The van der Waals surface area contributed by atoms with E-state index in [0.29, 0.717) is 31.1 Å². The lowest BCUT2D eigenvalue weighted by molar-refractivity contribution is -0.135. The molecule has 1 fully saturated rings. The monoisotopic (exact) mass is 374 g/mol. The number of methoxy groups -OCH3 is 2. The van der Waals surface area contributed by atoms with Crippen molar-refractivity contribution in [3.63, 3.8) is 0 Å². The van der Waals surface area contributed by atoms with Crippen LogP contribution < -0.4 is 4.74 Å². The van der Waals surface area contributed by atoms with Crippen molar-refractivity contribution in [2.24, 2.45) is 0 Å². The number of piperazine rings is 1. The average molecular weight is 374 g/mol. The van der Waals surface area contributed by atoms with Crippen LogP contribution in [0.25, 0.3) is 0 Å². The summed E-state index contributed by atoms with van der Waals surface area (Å²) < 4.78 is 10.2. The summed E-state index contributed by atoms with van der Waals surface area (Å²) in [6.07, 6.45) is 0. The lowest BCUT2D eigenvalue weighted by Gasteiger charge is -2.34. The fourth-order valence-corrected chi connectivity index (χ4v) is 3.82. The number of ether oxygens (including phenoxy) is 2. The fourth-order valence-electron chi connectivity index (χ4n) is 2.87. The van der Waals surface area contributed by atoms with E-state index >= 15 is 0 Å². The van der Waals surface area contributed by atoms with Crippen LogP contribution in [0, 0.1) is 0 Å². The van der Waals surface area contributed by atoms with E-state index in [1.807, 2.05) is 30.3 Å². The third-order valence-electron chi connectivity index (χ3n) is 4.30. The number of nitrogens with zero attached hydrogens (tertiary/aromatic N) is 2. The lowest BCUT2D eigenvalue weighted by atomic mass is 10.2. The summed E-state index contributed by atoms with van der Waals surface area (Å²) in [7, 11) is 3.25. The Morgan fingerprint density at radius 1 is 1.12 bits per heavy atom. The zero-order valence-corrected chi connectivity index (χ0v) is 15.8. The Morgan fingerprint density at radius 3 is 2.54 bits per heavy atom. The van der Waals surface area contributed by atoms with E-state index in [9.17, 15) is 9.59 Å². The van der Waals surface area contributed by atoms with Crippen molar-refractivity contribution >= 4 is 23.2 Å². The van der Waals surface area contributed by atoms with Gasteiger partial charge in [-0.1, -0.05) is 12.1 Å². The van der Waals surface area contributed by atoms with Crippen LogP contribution in [0.1, 0.15) is 20.1 Å². The van der Waals surface area contributed by atoms with Crippen LogP contribution in [0.15, 0.2) is 36.4 Å². The Labute approximate surface area is 156 Å². The van der Waals surface area contributed by atoms with E-state index < -0.39 is 0 Å². The molecule has 0 atom stereocenters. The Hall–Kier alpha value is -2.38. The zero-order valence-electron chi connectivity index (χ0n) is 14.9. The molecule has 2 aromatic rings. The van der Waals surface area contributed by atoms with Crippen LogP contribution in [0.5, 0.6) is 5.75 Å². The Balaban J connectivity index is 1.58. The first kappa shape index (κ1) is 18.4. The lowest BCUT2D eigenvalue weighted by Crippen LogP contribution is -2.51. The molecule has 6 nitrogen and oxygen atoms in total. The highest BCUT2D eigenvalue weighted by molar-refractivity contribution is 7.14. The Bertz CT molecular complexity index is 772. The number of carbonyl (C=O) groups excluding carboxylic acids is 2. The van der Waals surface area contributed by atoms with Crippen molar-refractivity contribution in [1.29, 1.82) is 0 Å². The summed E-state index contributed by atoms with van der Waals surface area (Å²) in [5.74, 6) is 0.670. The molecule has 2 heterocycles. The SMILES string of the molecule is COCc1ccc(C(=O)N2CCN(Cc3ccc(OC)cc3)C(=O)C2)s1. The van der Waals surface area contributed by atoms with Gasteiger partial charge in [0.25, 0.3) is 5.91 Å². The van der Waals surface area contributed by atoms with Crippen LogP contribution in [0.3, 0.4) is 0 Å². The van der Waals surface area contributed by atoms with Crippen LogP contribution in [0.4, 0.5) is 0 Å². The normalized spacial score (nSPS) is 14.6. The van der Waals surface area contributed by atoms with Crippen molar-refractivity contribution in [2.45, 2.75) is 13.2 Å². The quantitative estimate of drug-likeness (QED) is 0.779. The molecular weight excluding hydrogens is 352 g/mol. The van der Waals surface area contributed by atoms with Gasteiger partial charge < -0.3 is 19.3 Å². The van der Waals surface area contributed by atoms with Gasteiger partial charge >= 0.3 is 0 Å². The molecular formula is C19H22N2O4S. The number of thiophene rings is 1. The molecule has 0 spiro atoms. The molecule has 1 aliphatic rings. The van der Waals surface area contributed by atoms with Crippen LogP contribution in [0.2, 0.25) is 0 Å². The minimum absolute atomic E-state index is 0.0333. The van der Waals surface area contributed by atoms with E-state index in [2.05, 4.69) is 0 Å². The maximum atomic E-state index is 12.6. The van der Waals surface area contributed by atoms with Gasteiger partial charge in [-0.3, -0.25) is 9.59 Å². The third-order valence-corrected chi connectivity index (χ3v) is 5.34. The van der Waals surface area contributed by atoms with Gasteiger partial charge in [-0.15, -0.1) is 11.3 Å². The van der Waals surface area contributed by atoms with Gasteiger partial charge in [0.15, 0.2) is 0 Å². The fraction of sp³-hybridized carbons (Fsp3) is 0.368. The minimum atomic E-state index is -0.0881. The number of benzene rings is 1. The molecule has 0 radical (unpaired) electrons. The Kier molecular flexibility index (Phi) is 5.90. The van der Waals surface area contributed by atoms with Gasteiger partial charge in [0.05, 0.1) is 18.6 Å². The minimum Gasteiger partial charge on any atom is -0.497 e. The predicted molar refractivity (Wildman–Crippen MR) is 99.3 cm³/mol. The summed E-state index contributed by atoms with van der Waals surface area (Å²) in [5.41, 5.74) is 1.04. The molecule has 0 aliphatic carbocycles. The van der Waals surface area contributed by atoms with E-state index in [-0.39, 0.29) is 18.4 Å². The molecule has 138 valence electrons. The number of hydrogen-bond donors (Lipinski definition) is 0. The summed E-state index contributed by atoms with van der Waals surface area (Å²) in [6.45, 7) is 2.23. The van der Waals surface area contributed by atoms with Gasteiger partial charge in [0.1, 0.15) is 12.3 Å². The van der Waals surface area contributed by atoms with Gasteiger partial charge in [-0.25, -0.2) is 0 Å². The van der Waals surface area contributed by atoms with Crippen LogP contribution in [-0.2, 0) is 22.7 Å². The number of rotatable bonds is 6. The van der Waals surface area contributed by atoms with Crippen molar-refractivity contribution in [3.8, 4) is 5.75 Å². The molecule has 2 amide bonds. The second-order valence-electron chi connectivity index (χ2n) is 6.09. The molecule has 3 rings (SSSR count). The average Bonchev–Trinajstić information content (AvgIpc) is 3.12. The predicted octanol–water partition coefficient (Wildman–Crippen LogP) is 2.39. The molecule has 0 N–H and O–H groups in total. The number of amides is 2. The zero-order chi connectivity index (χ0) is 18.5. The molecule has 1 saturated heterocycles. The first-order valence-corrected chi connectivity index (χ1v) is 9.20. The molecule has 7 heteroatoms. The second-order valence-corrected chi connectivity index (χ2v) is 7.26. The van der Waals surface area contributed by atoms with E-state index in [0.717, 1.165) is 16.2 Å². The molecule has 1 aromatic carbocycles. The van der Waals surface area contributed by atoms with Crippen molar-refractivity contribution < 1.29 is 19.1 Å². The Morgan fingerprint density at radius 2 is 1.88 bits per heavy atom. The summed E-state index contributed by atoms with van der Waals surface area (Å²) in [5, 5.41) is 0. The molecule has 0 saturated carbocycles. The van der Waals surface area contributed by atoms with Crippen LogP contribution >= 0.6 is 11.3 Å². The van der Waals surface area contributed by atoms with Gasteiger partial charge in [0, 0.05) is 31.6 Å². The molecule has 0 unspecified atom stereocenters. The molecule has 26 heavy (non-hydrogen) atoms. The van der Waals surface area contributed by atoms with Gasteiger partial charge in [-0.05, 0) is 29.8 Å². The number of carbonyl (C=O) groups is 2. The molecule has 1 aliphatic heterocycles. The highest BCUT2D eigenvalue weighted by atomic mass is 32.1. The van der Waals surface area contributed by atoms with Gasteiger partial charge in [-0.2, -0.15) is 0 Å². The third kappa shape index (κ3) is 4.23. The number of hydrogen-bond acceptors (Lipinski definition) is 5. The molecule has 0 bridgehead atoms. The molecule has 1 aromatic heterocycles. The van der Waals surface area contributed by atoms with Crippen LogP contribution in [-0.4, -0.2) is 55.5 Å². The first-order chi connectivity index (χ1) is 12.6. The largest absolute Gasteiger partial charge is 0.497 e. The first-order valence-electron chi connectivity index (χ1n) is 8.38. The summed E-state index contributed by atoms with van der Waals surface area (Å²) in [4.78, 5) is 30.1. The van der Waals surface area contributed by atoms with E-state index in [4.69, 9.17) is 9.47 Å². The van der Waals surface area contributed by atoms with E-state index in [1.54, 1.807) is 30.1 Å². The van der Waals surface area contributed by atoms with Crippen molar-refractivity contribution in [2.75, 3.05) is 33.9 Å². The van der Waals surface area contributed by atoms with Crippen molar-refractivity contribution in [3.05, 3.63) is 51.7 Å². The topological polar surface area (TPSA) is 59.1 Å². The smallest absolute Gasteiger partial charge is 0.264 e. The maximum absolute atomic E-state index is 12.6. The highest BCUT2D eigenvalue weighted by Gasteiger charge is 2.28. The van der Waals surface area contributed by atoms with E-state index in [1.165, 1.54) is 11.3 Å². The van der Waals surface area contributed by atoms with Crippen molar-refractivity contribution in [1.82, 2.24) is 9.80 Å². The summed E-state index contributed by atoms with van der Waals surface area (Å²) in [6, 6.07) is 11.4. The van der Waals surface area contributed by atoms with Gasteiger partial charge in [0.2, 0.25) is 5.91 Å². The second kappa shape index (κ2) is 8.33. The maximum Gasteiger partial charge on any atom is 0.264 e.